The van der Waals surface area contributed by atoms with E-state index in [1.165, 1.54) is 15.3 Å². The summed E-state index contributed by atoms with van der Waals surface area (Å²) in [5.74, 6) is -1.17. The summed E-state index contributed by atoms with van der Waals surface area (Å²) in [6, 6.07) is 3.48. The highest BCUT2D eigenvalue weighted by Gasteiger charge is 2.30. The summed E-state index contributed by atoms with van der Waals surface area (Å²) in [6.07, 6.45) is 1.79. The summed E-state index contributed by atoms with van der Waals surface area (Å²) < 4.78 is 45.7. The number of benzene rings is 1. The molecule has 0 aromatic heterocycles. The summed E-state index contributed by atoms with van der Waals surface area (Å²) in [7, 11) is -2.33. The van der Waals surface area contributed by atoms with Crippen molar-refractivity contribution in [2.24, 2.45) is 0 Å². The van der Waals surface area contributed by atoms with Crippen LogP contribution in [-0.2, 0) is 14.8 Å². The van der Waals surface area contributed by atoms with Crippen LogP contribution in [0.2, 0.25) is 0 Å². The van der Waals surface area contributed by atoms with Crippen LogP contribution in [0.5, 0.6) is 0 Å². The van der Waals surface area contributed by atoms with Gasteiger partial charge in [0.1, 0.15) is 10.7 Å². The Hall–Kier alpha value is -1.51. The van der Waals surface area contributed by atoms with Crippen LogP contribution in [0.4, 0.5) is 4.39 Å². The smallest absolute Gasteiger partial charge is 0.253 e. The van der Waals surface area contributed by atoms with Crippen molar-refractivity contribution in [2.75, 3.05) is 39.9 Å². The van der Waals surface area contributed by atoms with Gasteiger partial charge in [-0.1, -0.05) is 13.3 Å². The van der Waals surface area contributed by atoms with Gasteiger partial charge in [0.05, 0.1) is 13.2 Å². The zero-order valence-electron chi connectivity index (χ0n) is 14.0. The molecule has 1 aliphatic rings. The molecule has 1 aromatic carbocycles. The Morgan fingerprint density at radius 3 is 2.62 bits per heavy atom. The van der Waals surface area contributed by atoms with Crippen LogP contribution in [0.3, 0.4) is 0 Å². The van der Waals surface area contributed by atoms with E-state index in [4.69, 9.17) is 4.74 Å². The first-order valence-electron chi connectivity index (χ1n) is 8.01. The molecule has 134 valence electrons. The van der Waals surface area contributed by atoms with Crippen LogP contribution < -0.4 is 0 Å². The van der Waals surface area contributed by atoms with Gasteiger partial charge in [0.25, 0.3) is 5.91 Å². The number of carbonyl (C=O) groups is 1. The van der Waals surface area contributed by atoms with Gasteiger partial charge < -0.3 is 9.64 Å². The maximum Gasteiger partial charge on any atom is 0.253 e. The predicted octanol–water partition coefficient (Wildman–Crippen LogP) is 1.72. The van der Waals surface area contributed by atoms with E-state index in [0.717, 1.165) is 25.0 Å². The Morgan fingerprint density at radius 2 is 2.00 bits per heavy atom. The molecule has 6 nitrogen and oxygen atoms in total. The molecule has 0 saturated carbocycles. The number of ether oxygens (including phenoxy) is 1. The van der Waals surface area contributed by atoms with Crippen LogP contribution >= 0.6 is 0 Å². The van der Waals surface area contributed by atoms with Gasteiger partial charge in [-0.15, -0.1) is 0 Å². The largest absolute Gasteiger partial charge is 0.379 e. The van der Waals surface area contributed by atoms with Crippen LogP contribution in [-0.4, -0.2) is 63.4 Å². The number of sulfonamides is 1. The number of carbonyl (C=O) groups excluding carboxylic acids is 1. The van der Waals surface area contributed by atoms with Crippen molar-refractivity contribution in [2.45, 2.75) is 24.7 Å². The molecule has 1 aromatic rings. The molecule has 2 rings (SSSR count). The van der Waals surface area contributed by atoms with E-state index in [1.807, 2.05) is 6.92 Å². The van der Waals surface area contributed by atoms with E-state index < -0.39 is 20.7 Å². The number of halogens is 1. The Kier molecular flexibility index (Phi) is 6.31. The molecule has 0 spiro atoms. The molecule has 0 unspecified atom stereocenters. The summed E-state index contributed by atoms with van der Waals surface area (Å²) in [5, 5.41) is 0. The van der Waals surface area contributed by atoms with E-state index in [2.05, 4.69) is 0 Å². The van der Waals surface area contributed by atoms with Crippen molar-refractivity contribution < 1.29 is 22.3 Å². The Labute approximate surface area is 142 Å². The molecule has 0 radical (unpaired) electrons. The number of morpholine rings is 1. The molecule has 0 aliphatic carbocycles. The lowest BCUT2D eigenvalue weighted by atomic mass is 10.2. The molecule has 1 fully saturated rings. The minimum atomic E-state index is -3.98. The minimum absolute atomic E-state index is 0.168. The van der Waals surface area contributed by atoms with Gasteiger partial charge >= 0.3 is 0 Å². The van der Waals surface area contributed by atoms with Gasteiger partial charge in [0.2, 0.25) is 10.0 Å². The minimum Gasteiger partial charge on any atom is -0.379 e. The van der Waals surface area contributed by atoms with Crippen molar-refractivity contribution in [3.63, 3.8) is 0 Å². The Bertz CT molecular complexity index is 687. The fourth-order valence-corrected chi connectivity index (χ4v) is 3.98. The van der Waals surface area contributed by atoms with Crippen molar-refractivity contribution in [1.29, 1.82) is 0 Å². The predicted molar refractivity (Wildman–Crippen MR) is 87.8 cm³/mol. The molecule has 1 aliphatic heterocycles. The highest BCUT2D eigenvalue weighted by Crippen LogP contribution is 2.22. The highest BCUT2D eigenvalue weighted by molar-refractivity contribution is 7.89. The number of nitrogens with zero attached hydrogens (tertiary/aromatic N) is 2. The second-order valence-corrected chi connectivity index (χ2v) is 7.65. The molecule has 1 heterocycles. The van der Waals surface area contributed by atoms with Crippen molar-refractivity contribution in [3.8, 4) is 0 Å². The van der Waals surface area contributed by atoms with E-state index in [0.29, 0.717) is 6.54 Å². The molecule has 1 saturated heterocycles. The van der Waals surface area contributed by atoms with E-state index >= 15 is 0 Å². The number of hydrogen-bond acceptors (Lipinski definition) is 4. The van der Waals surface area contributed by atoms with Gasteiger partial charge in [-0.25, -0.2) is 12.8 Å². The normalized spacial score (nSPS) is 16.1. The van der Waals surface area contributed by atoms with Gasteiger partial charge in [-0.2, -0.15) is 4.31 Å². The molecule has 8 heteroatoms. The van der Waals surface area contributed by atoms with Crippen LogP contribution in [0.1, 0.15) is 30.1 Å². The van der Waals surface area contributed by atoms with Crippen molar-refractivity contribution in [3.05, 3.63) is 29.6 Å². The maximum absolute atomic E-state index is 14.1. The third kappa shape index (κ3) is 4.12. The quantitative estimate of drug-likeness (QED) is 0.777. The molecule has 1 amide bonds. The zero-order valence-corrected chi connectivity index (χ0v) is 14.8. The molecular formula is C16H23FN2O4S. The molecule has 0 N–H and O–H groups in total. The third-order valence-electron chi connectivity index (χ3n) is 3.96. The number of rotatable bonds is 6. The van der Waals surface area contributed by atoms with Crippen molar-refractivity contribution >= 4 is 15.9 Å². The molecule has 24 heavy (non-hydrogen) atoms. The molecule has 0 atom stereocenters. The summed E-state index contributed by atoms with van der Waals surface area (Å²) in [6.45, 7) is 3.49. The number of amides is 1. The first-order chi connectivity index (χ1) is 11.4. The summed E-state index contributed by atoms with van der Waals surface area (Å²) >= 11 is 0. The second kappa shape index (κ2) is 8.04. The average molecular weight is 358 g/mol. The Morgan fingerprint density at radius 1 is 1.33 bits per heavy atom. The fourth-order valence-electron chi connectivity index (χ4n) is 2.48. The van der Waals surface area contributed by atoms with Crippen LogP contribution in [0.25, 0.3) is 0 Å². The first-order valence-corrected chi connectivity index (χ1v) is 9.45. The van der Waals surface area contributed by atoms with E-state index in [-0.39, 0.29) is 37.8 Å². The number of unbranched alkanes of at least 4 members (excludes halogenated alkanes) is 1. The standard InChI is InChI=1S/C16H23FN2O4S/c1-3-4-7-18(2)16(20)13-5-6-14(17)15(12-13)24(21,22)19-8-10-23-11-9-19/h5-6,12H,3-4,7-11H2,1-2H3. The fraction of sp³-hybridized carbons (Fsp3) is 0.562. The van der Waals surface area contributed by atoms with Crippen molar-refractivity contribution in [1.82, 2.24) is 9.21 Å². The maximum atomic E-state index is 14.1. The highest BCUT2D eigenvalue weighted by atomic mass is 32.2. The summed E-state index contributed by atoms with van der Waals surface area (Å²) in [4.78, 5) is 13.4. The lowest BCUT2D eigenvalue weighted by Gasteiger charge is -2.26. The van der Waals surface area contributed by atoms with E-state index in [9.17, 15) is 17.6 Å². The lowest BCUT2D eigenvalue weighted by Crippen LogP contribution is -2.41. The van der Waals surface area contributed by atoms with Crippen LogP contribution in [0.15, 0.2) is 23.1 Å². The van der Waals surface area contributed by atoms with Gasteiger partial charge in [-0.05, 0) is 24.6 Å². The topological polar surface area (TPSA) is 66.9 Å². The van der Waals surface area contributed by atoms with Gasteiger partial charge in [-0.3, -0.25) is 4.79 Å². The number of hydrogen-bond donors (Lipinski definition) is 0. The first kappa shape index (κ1) is 18.8. The van der Waals surface area contributed by atoms with Gasteiger partial charge in [0.15, 0.2) is 0 Å². The van der Waals surface area contributed by atoms with Gasteiger partial charge in [0, 0.05) is 32.2 Å². The zero-order chi connectivity index (χ0) is 17.7. The lowest BCUT2D eigenvalue weighted by molar-refractivity contribution is 0.0729. The van der Waals surface area contributed by atoms with Crippen LogP contribution in [0, 0.1) is 5.82 Å². The molecule has 0 bridgehead atoms. The third-order valence-corrected chi connectivity index (χ3v) is 5.87. The second-order valence-electron chi connectivity index (χ2n) is 5.74. The monoisotopic (exact) mass is 358 g/mol. The SMILES string of the molecule is CCCCN(C)C(=O)c1ccc(F)c(S(=O)(=O)N2CCOCC2)c1. The summed E-state index contributed by atoms with van der Waals surface area (Å²) in [5.41, 5.74) is 0.168. The van der Waals surface area contributed by atoms with E-state index in [1.54, 1.807) is 7.05 Å². The molecular weight excluding hydrogens is 335 g/mol. The Balaban J connectivity index is 2.29. The average Bonchev–Trinajstić information content (AvgIpc) is 2.60.